The quantitative estimate of drug-likeness (QED) is 0.701. The van der Waals surface area contributed by atoms with Gasteiger partial charge in [0.2, 0.25) is 10.0 Å². The molecule has 0 aromatic heterocycles. The van der Waals surface area contributed by atoms with Gasteiger partial charge in [0.05, 0.1) is 5.02 Å². The minimum Gasteiger partial charge on any atom is -0.326 e. The van der Waals surface area contributed by atoms with Crippen LogP contribution in [0.2, 0.25) is 10.0 Å². The van der Waals surface area contributed by atoms with E-state index in [9.17, 15) is 8.42 Å². The third-order valence-electron chi connectivity index (χ3n) is 2.91. The smallest absolute Gasteiger partial charge is 0.242 e. The first-order chi connectivity index (χ1) is 9.77. The summed E-state index contributed by atoms with van der Waals surface area (Å²) in [5.74, 6) is 0. The summed E-state index contributed by atoms with van der Waals surface area (Å²) in [5.41, 5.74) is 6.05. The fourth-order valence-electron chi connectivity index (χ4n) is 1.80. The van der Waals surface area contributed by atoms with Crippen LogP contribution < -0.4 is 10.5 Å². The molecule has 0 amide bonds. The molecule has 8 heteroatoms. The summed E-state index contributed by atoms with van der Waals surface area (Å²) >= 11 is 12.0. The molecule has 0 radical (unpaired) electrons. The number of nitrogens with one attached hydrogen (secondary N) is 1. The minimum atomic E-state index is -3.68. The van der Waals surface area contributed by atoms with Crippen molar-refractivity contribution in [2.24, 2.45) is 5.73 Å². The molecule has 0 bridgehead atoms. The summed E-state index contributed by atoms with van der Waals surface area (Å²) in [4.78, 5) is 2.03. The number of hydrogen-bond acceptors (Lipinski definition) is 4. The predicted octanol–water partition coefficient (Wildman–Crippen LogP) is 2.07. The lowest BCUT2D eigenvalue weighted by Crippen LogP contribution is -2.26. The number of nitrogens with two attached hydrogens (primary N) is 1. The van der Waals surface area contributed by atoms with Gasteiger partial charge in [0.15, 0.2) is 0 Å². The van der Waals surface area contributed by atoms with Crippen LogP contribution in [0.15, 0.2) is 17.0 Å². The van der Waals surface area contributed by atoms with Crippen LogP contribution in [0.5, 0.6) is 0 Å². The molecule has 21 heavy (non-hydrogen) atoms. The van der Waals surface area contributed by atoms with Gasteiger partial charge < -0.3 is 10.6 Å². The maximum absolute atomic E-state index is 12.3. The summed E-state index contributed by atoms with van der Waals surface area (Å²) < 4.78 is 27.1. The zero-order chi connectivity index (χ0) is 16.0. The zero-order valence-electron chi connectivity index (χ0n) is 12.2. The Kier molecular flexibility index (Phi) is 7.39. The molecule has 1 aromatic rings. The molecule has 0 aliphatic heterocycles. The highest BCUT2D eigenvalue weighted by Crippen LogP contribution is 2.29. The fraction of sp³-hybridized carbons (Fsp3) is 0.538. The van der Waals surface area contributed by atoms with Crippen LogP contribution in [0, 0.1) is 0 Å². The number of sulfonamides is 1. The third kappa shape index (κ3) is 5.73. The Morgan fingerprint density at radius 2 is 1.90 bits per heavy atom. The van der Waals surface area contributed by atoms with Gasteiger partial charge >= 0.3 is 0 Å². The van der Waals surface area contributed by atoms with E-state index in [2.05, 4.69) is 9.62 Å². The molecule has 1 rings (SSSR count). The molecule has 0 aliphatic carbocycles. The van der Waals surface area contributed by atoms with E-state index < -0.39 is 10.0 Å². The number of halogens is 2. The van der Waals surface area contributed by atoms with Crippen LogP contribution in [0.3, 0.4) is 0 Å². The van der Waals surface area contributed by atoms with Crippen LogP contribution in [-0.4, -0.2) is 40.5 Å². The molecule has 120 valence electrons. The second kappa shape index (κ2) is 8.31. The molecule has 5 nitrogen and oxygen atoms in total. The van der Waals surface area contributed by atoms with Gasteiger partial charge in [-0.3, -0.25) is 0 Å². The number of rotatable bonds is 8. The second-order valence-electron chi connectivity index (χ2n) is 4.99. The summed E-state index contributed by atoms with van der Waals surface area (Å²) in [6, 6.07) is 2.91. The predicted molar refractivity (Wildman–Crippen MR) is 87.3 cm³/mol. The summed E-state index contributed by atoms with van der Waals surface area (Å²) in [7, 11) is 0.271. The van der Waals surface area contributed by atoms with Gasteiger partial charge in [-0.1, -0.05) is 23.2 Å². The Bertz CT molecular complexity index is 577. The van der Waals surface area contributed by atoms with Crippen molar-refractivity contribution < 1.29 is 8.42 Å². The molecule has 0 aliphatic rings. The molecule has 0 saturated carbocycles. The molecule has 3 N–H and O–H groups in total. The Balaban J connectivity index is 2.77. The highest BCUT2D eigenvalue weighted by molar-refractivity contribution is 7.89. The SMILES string of the molecule is CN(C)CCCCNS(=O)(=O)c1cc(Cl)cc(CN)c1Cl. The van der Waals surface area contributed by atoms with Gasteiger partial charge in [-0.25, -0.2) is 13.1 Å². The molecular formula is C13H21Cl2N3O2S. The average molecular weight is 354 g/mol. The number of nitrogens with zero attached hydrogens (tertiary/aromatic N) is 1. The Morgan fingerprint density at radius 3 is 2.48 bits per heavy atom. The lowest BCUT2D eigenvalue weighted by atomic mass is 10.2. The van der Waals surface area contributed by atoms with Crippen molar-refractivity contribution in [3.8, 4) is 0 Å². The average Bonchev–Trinajstić information content (AvgIpc) is 2.40. The zero-order valence-corrected chi connectivity index (χ0v) is 14.5. The van der Waals surface area contributed by atoms with Crippen LogP contribution in [-0.2, 0) is 16.6 Å². The van der Waals surface area contributed by atoms with Crippen molar-refractivity contribution in [1.29, 1.82) is 0 Å². The third-order valence-corrected chi connectivity index (χ3v) is 5.17. The highest BCUT2D eigenvalue weighted by atomic mass is 35.5. The van der Waals surface area contributed by atoms with Gasteiger partial charge in [0.25, 0.3) is 0 Å². The van der Waals surface area contributed by atoms with E-state index in [-0.39, 0.29) is 16.5 Å². The summed E-state index contributed by atoms with van der Waals surface area (Å²) in [5, 5.41) is 0.426. The maximum atomic E-state index is 12.3. The summed E-state index contributed by atoms with van der Waals surface area (Å²) in [6.07, 6.45) is 1.66. The number of unbranched alkanes of at least 4 members (excludes halogenated alkanes) is 1. The van der Waals surface area contributed by atoms with Gasteiger partial charge in [0, 0.05) is 18.1 Å². The van der Waals surface area contributed by atoms with Crippen LogP contribution >= 0.6 is 23.2 Å². The van der Waals surface area contributed by atoms with E-state index in [4.69, 9.17) is 28.9 Å². The Labute approximate surface area is 136 Å². The van der Waals surface area contributed by atoms with E-state index in [0.717, 1.165) is 19.4 Å². The van der Waals surface area contributed by atoms with Gasteiger partial charge in [0.1, 0.15) is 4.90 Å². The van der Waals surface area contributed by atoms with Crippen LogP contribution in [0.4, 0.5) is 0 Å². The Morgan fingerprint density at radius 1 is 1.24 bits per heavy atom. The largest absolute Gasteiger partial charge is 0.326 e. The minimum absolute atomic E-state index is 0.0234. The van der Waals surface area contributed by atoms with Crippen LogP contribution in [0.25, 0.3) is 0 Å². The molecule has 0 atom stereocenters. The van der Waals surface area contributed by atoms with E-state index in [0.29, 0.717) is 17.1 Å². The van der Waals surface area contributed by atoms with Gasteiger partial charge in [-0.15, -0.1) is 0 Å². The molecule has 0 saturated heterocycles. The van der Waals surface area contributed by atoms with Crippen molar-refractivity contribution in [1.82, 2.24) is 9.62 Å². The first-order valence-corrected chi connectivity index (χ1v) is 8.84. The van der Waals surface area contributed by atoms with Crippen molar-refractivity contribution in [3.05, 3.63) is 27.7 Å². The topological polar surface area (TPSA) is 75.4 Å². The molecule has 0 spiro atoms. The lowest BCUT2D eigenvalue weighted by Gasteiger charge is -2.12. The van der Waals surface area contributed by atoms with E-state index in [1.807, 2.05) is 14.1 Å². The van der Waals surface area contributed by atoms with E-state index >= 15 is 0 Å². The summed E-state index contributed by atoms with van der Waals surface area (Å²) in [6.45, 7) is 1.40. The first-order valence-electron chi connectivity index (χ1n) is 6.60. The van der Waals surface area contributed by atoms with Gasteiger partial charge in [-0.2, -0.15) is 0 Å². The van der Waals surface area contributed by atoms with Crippen molar-refractivity contribution in [2.75, 3.05) is 27.2 Å². The first kappa shape index (κ1) is 18.7. The van der Waals surface area contributed by atoms with Crippen molar-refractivity contribution in [2.45, 2.75) is 24.3 Å². The molecule has 1 aromatic carbocycles. The van der Waals surface area contributed by atoms with E-state index in [1.165, 1.54) is 6.07 Å². The monoisotopic (exact) mass is 353 g/mol. The van der Waals surface area contributed by atoms with E-state index in [1.54, 1.807) is 6.07 Å². The molecule has 0 fully saturated rings. The maximum Gasteiger partial charge on any atom is 0.242 e. The number of benzene rings is 1. The second-order valence-corrected chi connectivity index (χ2v) is 7.54. The molecule has 0 unspecified atom stereocenters. The fourth-order valence-corrected chi connectivity index (χ4v) is 3.81. The van der Waals surface area contributed by atoms with Crippen LogP contribution in [0.1, 0.15) is 18.4 Å². The Hall–Kier alpha value is -0.370. The van der Waals surface area contributed by atoms with Crippen molar-refractivity contribution >= 4 is 33.2 Å². The lowest BCUT2D eigenvalue weighted by molar-refractivity contribution is 0.394. The standard InChI is InChI=1S/C13H21Cl2N3O2S/c1-18(2)6-4-3-5-17-21(19,20)12-8-11(14)7-10(9-16)13(12)15/h7-8,17H,3-6,9,16H2,1-2H3. The highest BCUT2D eigenvalue weighted by Gasteiger charge is 2.20. The van der Waals surface area contributed by atoms with Crippen molar-refractivity contribution in [3.63, 3.8) is 0 Å². The normalized spacial score (nSPS) is 12.1. The molecule has 0 heterocycles. The number of hydrogen-bond donors (Lipinski definition) is 2. The van der Waals surface area contributed by atoms with Gasteiger partial charge in [-0.05, 0) is 51.2 Å². The molecular weight excluding hydrogens is 333 g/mol.